The van der Waals surface area contributed by atoms with Crippen LogP contribution in [0.15, 0.2) is 24.3 Å². The standard InChI is InChI=1S/C24H35N5O/c1-17(2)23-26-21-16-29(15-12-22(21)27(23)4)18(3)24(30)25-19-8-10-20(11-9-19)28-13-6-5-7-14-28/h8-11,17-18H,5-7,12-16H2,1-4H3,(H,25,30). The third-order valence-electron chi connectivity index (χ3n) is 6.62. The SMILES string of the molecule is CC(C)c1nc2c(n1C)CCN(C(C)C(=O)Nc1ccc(N3CCCCC3)cc1)C2. The topological polar surface area (TPSA) is 53.4 Å². The minimum atomic E-state index is -0.190. The zero-order valence-corrected chi connectivity index (χ0v) is 18.8. The van der Waals surface area contributed by atoms with Gasteiger partial charge in [-0.15, -0.1) is 0 Å². The van der Waals surface area contributed by atoms with Gasteiger partial charge in [-0.2, -0.15) is 0 Å². The molecular formula is C24H35N5O. The molecule has 2 aliphatic rings. The Balaban J connectivity index is 1.37. The highest BCUT2D eigenvalue weighted by Crippen LogP contribution is 2.25. The van der Waals surface area contributed by atoms with Crippen LogP contribution in [-0.2, 0) is 24.8 Å². The molecule has 1 atom stereocenters. The van der Waals surface area contributed by atoms with E-state index in [4.69, 9.17) is 4.98 Å². The molecule has 6 nitrogen and oxygen atoms in total. The van der Waals surface area contributed by atoms with Gasteiger partial charge in [-0.25, -0.2) is 4.98 Å². The second kappa shape index (κ2) is 8.80. The van der Waals surface area contributed by atoms with Crippen LogP contribution in [0.5, 0.6) is 0 Å². The summed E-state index contributed by atoms with van der Waals surface area (Å²) in [4.78, 5) is 22.4. The molecule has 1 aromatic carbocycles. The van der Waals surface area contributed by atoms with E-state index in [1.165, 1.54) is 30.6 Å². The number of aromatic nitrogens is 2. The molecule has 1 saturated heterocycles. The van der Waals surface area contributed by atoms with Crippen molar-refractivity contribution in [2.75, 3.05) is 29.9 Å². The van der Waals surface area contributed by atoms with Crippen molar-refractivity contribution < 1.29 is 4.79 Å². The van der Waals surface area contributed by atoms with Crippen LogP contribution in [0.25, 0.3) is 0 Å². The Bertz CT molecular complexity index is 880. The predicted molar refractivity (Wildman–Crippen MR) is 122 cm³/mol. The van der Waals surface area contributed by atoms with Crippen molar-refractivity contribution in [1.82, 2.24) is 14.5 Å². The summed E-state index contributed by atoms with van der Waals surface area (Å²) >= 11 is 0. The number of imidazole rings is 1. The number of carbonyl (C=O) groups excluding carboxylic acids is 1. The van der Waals surface area contributed by atoms with E-state index in [2.05, 4.69) is 52.7 Å². The van der Waals surface area contributed by atoms with E-state index in [-0.39, 0.29) is 11.9 Å². The van der Waals surface area contributed by atoms with Crippen molar-refractivity contribution in [2.24, 2.45) is 7.05 Å². The lowest BCUT2D eigenvalue weighted by atomic mass is 10.1. The number of nitrogens with one attached hydrogen (secondary N) is 1. The lowest BCUT2D eigenvalue weighted by molar-refractivity contribution is -0.121. The number of piperidine rings is 1. The van der Waals surface area contributed by atoms with Crippen LogP contribution in [0, 0.1) is 0 Å². The maximum absolute atomic E-state index is 12.9. The van der Waals surface area contributed by atoms with Crippen LogP contribution in [0.4, 0.5) is 11.4 Å². The summed E-state index contributed by atoms with van der Waals surface area (Å²) in [6, 6.07) is 8.11. The highest BCUT2D eigenvalue weighted by molar-refractivity contribution is 5.94. The van der Waals surface area contributed by atoms with E-state index >= 15 is 0 Å². The Morgan fingerprint density at radius 2 is 1.73 bits per heavy atom. The quantitative estimate of drug-likeness (QED) is 0.813. The summed E-state index contributed by atoms with van der Waals surface area (Å²) in [6.07, 6.45) is 4.80. The average molecular weight is 410 g/mol. The summed E-state index contributed by atoms with van der Waals surface area (Å²) in [5.74, 6) is 1.58. The maximum atomic E-state index is 12.9. The number of nitrogens with zero attached hydrogens (tertiary/aromatic N) is 4. The summed E-state index contributed by atoms with van der Waals surface area (Å²) in [5.41, 5.74) is 4.56. The number of anilines is 2. The van der Waals surface area contributed by atoms with Crippen LogP contribution in [-0.4, -0.2) is 46.0 Å². The van der Waals surface area contributed by atoms with Gasteiger partial charge >= 0.3 is 0 Å². The molecule has 1 aromatic heterocycles. The first-order chi connectivity index (χ1) is 14.4. The van der Waals surface area contributed by atoms with Crippen molar-refractivity contribution in [1.29, 1.82) is 0 Å². The molecule has 0 saturated carbocycles. The smallest absolute Gasteiger partial charge is 0.241 e. The Hall–Kier alpha value is -2.34. The lowest BCUT2D eigenvalue weighted by Gasteiger charge is -2.31. The Kier molecular flexibility index (Phi) is 6.14. The fourth-order valence-electron chi connectivity index (χ4n) is 4.74. The van der Waals surface area contributed by atoms with Gasteiger partial charge in [0.25, 0.3) is 0 Å². The molecule has 162 valence electrons. The van der Waals surface area contributed by atoms with Gasteiger partial charge in [0, 0.05) is 62.6 Å². The molecule has 2 aliphatic heterocycles. The molecule has 3 heterocycles. The van der Waals surface area contributed by atoms with Gasteiger partial charge in [0.05, 0.1) is 11.7 Å². The van der Waals surface area contributed by atoms with E-state index in [1.54, 1.807) is 0 Å². The van der Waals surface area contributed by atoms with Crippen molar-refractivity contribution in [3.63, 3.8) is 0 Å². The molecular weight excluding hydrogens is 374 g/mol. The number of rotatable bonds is 5. The van der Waals surface area contributed by atoms with Gasteiger partial charge in [-0.05, 0) is 50.5 Å². The normalized spacial score (nSPS) is 18.4. The highest BCUT2D eigenvalue weighted by Gasteiger charge is 2.29. The number of hydrogen-bond donors (Lipinski definition) is 1. The van der Waals surface area contributed by atoms with Gasteiger partial charge in [0.2, 0.25) is 5.91 Å². The molecule has 0 bridgehead atoms. The van der Waals surface area contributed by atoms with E-state index < -0.39 is 0 Å². The molecule has 6 heteroatoms. The molecule has 2 aromatic rings. The fraction of sp³-hybridized carbons (Fsp3) is 0.583. The third kappa shape index (κ3) is 4.24. The molecule has 0 radical (unpaired) electrons. The first-order valence-corrected chi connectivity index (χ1v) is 11.4. The predicted octanol–water partition coefficient (Wildman–Crippen LogP) is 3.92. The van der Waals surface area contributed by atoms with Crippen molar-refractivity contribution in [2.45, 2.75) is 65.0 Å². The largest absolute Gasteiger partial charge is 0.372 e. The zero-order valence-electron chi connectivity index (χ0n) is 18.8. The summed E-state index contributed by atoms with van der Waals surface area (Å²) in [6.45, 7) is 10.2. The summed E-state index contributed by atoms with van der Waals surface area (Å²) < 4.78 is 2.24. The first kappa shape index (κ1) is 20.9. The second-order valence-corrected chi connectivity index (χ2v) is 9.06. The minimum absolute atomic E-state index is 0.0455. The third-order valence-corrected chi connectivity index (χ3v) is 6.62. The lowest BCUT2D eigenvalue weighted by Crippen LogP contribution is -2.44. The first-order valence-electron chi connectivity index (χ1n) is 11.4. The second-order valence-electron chi connectivity index (χ2n) is 9.06. The summed E-state index contributed by atoms with van der Waals surface area (Å²) in [7, 11) is 2.11. The van der Waals surface area contributed by atoms with Gasteiger partial charge in [0.15, 0.2) is 0 Å². The number of fused-ring (bicyclic) bond motifs is 1. The van der Waals surface area contributed by atoms with E-state index in [0.717, 1.165) is 49.8 Å². The maximum Gasteiger partial charge on any atom is 0.241 e. The van der Waals surface area contributed by atoms with Gasteiger partial charge in [-0.3, -0.25) is 9.69 Å². The molecule has 30 heavy (non-hydrogen) atoms. The van der Waals surface area contributed by atoms with Crippen LogP contribution in [0.3, 0.4) is 0 Å². The molecule has 1 N–H and O–H groups in total. The number of carbonyl (C=O) groups is 1. The fourth-order valence-corrected chi connectivity index (χ4v) is 4.74. The van der Waals surface area contributed by atoms with Crippen molar-refractivity contribution >= 4 is 17.3 Å². The van der Waals surface area contributed by atoms with Gasteiger partial charge < -0.3 is 14.8 Å². The molecule has 1 fully saturated rings. The Labute approximate surface area is 180 Å². The van der Waals surface area contributed by atoms with E-state index in [1.807, 2.05) is 19.1 Å². The van der Waals surface area contributed by atoms with Crippen molar-refractivity contribution in [3.8, 4) is 0 Å². The highest BCUT2D eigenvalue weighted by atomic mass is 16.2. The van der Waals surface area contributed by atoms with Crippen LogP contribution in [0.1, 0.15) is 63.2 Å². The monoisotopic (exact) mass is 409 g/mol. The molecule has 1 unspecified atom stereocenters. The number of amides is 1. The van der Waals surface area contributed by atoms with Crippen LogP contribution in [0.2, 0.25) is 0 Å². The average Bonchev–Trinajstić information content (AvgIpc) is 3.10. The van der Waals surface area contributed by atoms with Crippen LogP contribution < -0.4 is 10.2 Å². The minimum Gasteiger partial charge on any atom is -0.372 e. The molecule has 0 spiro atoms. The molecule has 4 rings (SSSR count). The number of benzene rings is 1. The molecule has 1 amide bonds. The van der Waals surface area contributed by atoms with E-state index in [0.29, 0.717) is 5.92 Å². The van der Waals surface area contributed by atoms with E-state index in [9.17, 15) is 4.79 Å². The Morgan fingerprint density at radius 3 is 2.40 bits per heavy atom. The summed E-state index contributed by atoms with van der Waals surface area (Å²) in [5, 5.41) is 3.10. The van der Waals surface area contributed by atoms with Crippen LogP contribution >= 0.6 is 0 Å². The number of hydrogen-bond acceptors (Lipinski definition) is 4. The zero-order chi connectivity index (χ0) is 21.3. The molecule has 0 aliphatic carbocycles. The van der Waals surface area contributed by atoms with Crippen molar-refractivity contribution in [3.05, 3.63) is 41.5 Å². The van der Waals surface area contributed by atoms with Gasteiger partial charge in [0.1, 0.15) is 5.82 Å². The Morgan fingerprint density at radius 1 is 1.03 bits per heavy atom. The van der Waals surface area contributed by atoms with Gasteiger partial charge in [-0.1, -0.05) is 13.8 Å².